The number of anilines is 2. The van der Waals surface area contributed by atoms with Crippen LogP contribution in [0, 0.1) is 21.4 Å². The zero-order valence-corrected chi connectivity index (χ0v) is 15.7. The quantitative estimate of drug-likeness (QED) is 0.464. The van der Waals surface area contributed by atoms with Crippen LogP contribution in [-0.2, 0) is 0 Å². The molecule has 1 amide bonds. The summed E-state index contributed by atoms with van der Waals surface area (Å²) in [4.78, 5) is 25.4. The van der Waals surface area contributed by atoms with Crippen LogP contribution in [-0.4, -0.2) is 29.0 Å². The summed E-state index contributed by atoms with van der Waals surface area (Å²) >= 11 is 5.12. The summed E-state index contributed by atoms with van der Waals surface area (Å²) in [6.45, 7) is 1.53. The fourth-order valence-corrected chi connectivity index (χ4v) is 3.26. The average molecular weight is 395 g/mol. The number of thiocarbonyl (C=S) groups is 1. The zero-order valence-electron chi connectivity index (χ0n) is 14.8. The highest BCUT2D eigenvalue weighted by Gasteiger charge is 2.24. The number of nitriles is 1. The van der Waals surface area contributed by atoms with Crippen molar-refractivity contribution in [1.29, 1.82) is 5.26 Å². The van der Waals surface area contributed by atoms with Crippen LogP contribution < -0.4 is 15.5 Å². The topological polar surface area (TPSA) is 111 Å². The fraction of sp³-hybridized carbons (Fsp3) is 0.211. The molecule has 0 spiro atoms. The van der Waals surface area contributed by atoms with Crippen molar-refractivity contribution in [1.82, 2.24) is 5.32 Å². The Hall–Kier alpha value is -3.51. The van der Waals surface area contributed by atoms with E-state index in [1.165, 1.54) is 6.07 Å². The minimum Gasteiger partial charge on any atom is -0.366 e. The first-order chi connectivity index (χ1) is 13.5. The third-order valence-electron chi connectivity index (χ3n) is 4.40. The van der Waals surface area contributed by atoms with Gasteiger partial charge < -0.3 is 10.2 Å². The molecule has 28 heavy (non-hydrogen) atoms. The Kier molecular flexibility index (Phi) is 5.81. The second-order valence-electron chi connectivity index (χ2n) is 6.22. The van der Waals surface area contributed by atoms with Crippen LogP contribution in [0.2, 0.25) is 0 Å². The number of hydrogen-bond donors (Lipinski definition) is 2. The summed E-state index contributed by atoms with van der Waals surface area (Å²) in [5.74, 6) is -0.567. The van der Waals surface area contributed by atoms with Gasteiger partial charge >= 0.3 is 0 Å². The van der Waals surface area contributed by atoms with Gasteiger partial charge in [-0.3, -0.25) is 20.2 Å². The van der Waals surface area contributed by atoms with Gasteiger partial charge in [0.05, 0.1) is 16.2 Å². The Morgan fingerprint density at radius 2 is 1.93 bits per heavy atom. The van der Waals surface area contributed by atoms with E-state index >= 15 is 0 Å². The van der Waals surface area contributed by atoms with Crippen molar-refractivity contribution in [3.8, 4) is 6.07 Å². The predicted molar refractivity (Wildman–Crippen MR) is 109 cm³/mol. The Morgan fingerprint density at radius 3 is 2.61 bits per heavy atom. The normalized spacial score (nSPS) is 12.9. The Morgan fingerprint density at radius 1 is 1.21 bits per heavy atom. The van der Waals surface area contributed by atoms with Crippen molar-refractivity contribution in [2.75, 3.05) is 23.3 Å². The molecule has 1 saturated heterocycles. The number of carbonyl (C=O) groups excluding carboxylic acids is 1. The van der Waals surface area contributed by atoms with E-state index in [2.05, 4.69) is 10.6 Å². The smallest absolute Gasteiger partial charge is 0.293 e. The first-order valence-electron chi connectivity index (χ1n) is 8.64. The summed E-state index contributed by atoms with van der Waals surface area (Å²) in [6, 6.07) is 13.1. The van der Waals surface area contributed by atoms with Gasteiger partial charge in [-0.2, -0.15) is 5.26 Å². The third kappa shape index (κ3) is 4.24. The molecule has 8 nitrogen and oxygen atoms in total. The number of benzene rings is 2. The lowest BCUT2D eigenvalue weighted by Crippen LogP contribution is -2.34. The van der Waals surface area contributed by atoms with Crippen LogP contribution in [0.25, 0.3) is 0 Å². The molecule has 0 radical (unpaired) electrons. The molecule has 2 N–H and O–H groups in total. The number of para-hydroxylation sites is 1. The molecule has 2 aromatic carbocycles. The number of nitro groups is 1. The second kappa shape index (κ2) is 8.45. The second-order valence-corrected chi connectivity index (χ2v) is 6.63. The molecule has 0 aromatic heterocycles. The standard InChI is InChI=1S/C19H17N5O3S/c20-12-14-5-1-2-6-15(14)21-19(28)22-18(25)13-7-8-16(17(11-13)24(26)27)23-9-3-4-10-23/h1-2,5-8,11H,3-4,9-10H2,(H2,21,22,25,28). The molecule has 0 atom stereocenters. The van der Waals surface area contributed by atoms with Crippen molar-refractivity contribution in [3.63, 3.8) is 0 Å². The van der Waals surface area contributed by atoms with E-state index in [4.69, 9.17) is 17.5 Å². The molecule has 2 aromatic rings. The molecule has 1 heterocycles. The number of rotatable bonds is 4. The van der Waals surface area contributed by atoms with E-state index in [1.807, 2.05) is 11.0 Å². The summed E-state index contributed by atoms with van der Waals surface area (Å²) in [5.41, 5.74) is 1.38. The number of nitrogens with zero attached hydrogens (tertiary/aromatic N) is 3. The molecule has 1 fully saturated rings. The summed E-state index contributed by atoms with van der Waals surface area (Å²) in [5, 5.41) is 25.8. The molecule has 0 saturated carbocycles. The molecule has 9 heteroatoms. The molecule has 3 rings (SSSR count). The van der Waals surface area contributed by atoms with Crippen molar-refractivity contribution in [2.45, 2.75) is 12.8 Å². The first-order valence-corrected chi connectivity index (χ1v) is 9.05. The number of hydrogen-bond acceptors (Lipinski definition) is 6. The van der Waals surface area contributed by atoms with Crippen LogP contribution in [0.1, 0.15) is 28.8 Å². The van der Waals surface area contributed by atoms with Crippen LogP contribution in [0.15, 0.2) is 42.5 Å². The van der Waals surface area contributed by atoms with Crippen molar-refractivity contribution >= 4 is 40.3 Å². The molecule has 0 bridgehead atoms. The maximum Gasteiger partial charge on any atom is 0.293 e. The molecular formula is C19H17N5O3S. The monoisotopic (exact) mass is 395 g/mol. The summed E-state index contributed by atoms with van der Waals surface area (Å²) < 4.78 is 0. The average Bonchev–Trinajstić information content (AvgIpc) is 3.22. The Balaban J connectivity index is 1.75. The summed E-state index contributed by atoms with van der Waals surface area (Å²) in [6.07, 6.45) is 1.98. The Labute approximate surface area is 166 Å². The molecule has 142 valence electrons. The maximum absolute atomic E-state index is 12.5. The number of carbonyl (C=O) groups is 1. The lowest BCUT2D eigenvalue weighted by Gasteiger charge is -2.18. The maximum atomic E-state index is 12.5. The highest BCUT2D eigenvalue weighted by molar-refractivity contribution is 7.80. The van der Waals surface area contributed by atoms with E-state index in [9.17, 15) is 14.9 Å². The van der Waals surface area contributed by atoms with E-state index in [1.54, 1.807) is 36.4 Å². The summed E-state index contributed by atoms with van der Waals surface area (Å²) in [7, 11) is 0. The van der Waals surface area contributed by atoms with Crippen molar-refractivity contribution in [3.05, 3.63) is 63.7 Å². The van der Waals surface area contributed by atoms with Gasteiger partial charge in [-0.05, 0) is 49.3 Å². The molecule has 1 aliphatic rings. The zero-order chi connectivity index (χ0) is 20.1. The van der Waals surface area contributed by atoms with Crippen LogP contribution in [0.3, 0.4) is 0 Å². The molecule has 0 aliphatic carbocycles. The van der Waals surface area contributed by atoms with E-state index < -0.39 is 10.8 Å². The minimum atomic E-state index is -0.567. The highest BCUT2D eigenvalue weighted by Crippen LogP contribution is 2.31. The van der Waals surface area contributed by atoms with E-state index in [0.717, 1.165) is 25.9 Å². The van der Waals surface area contributed by atoms with Gasteiger partial charge in [-0.25, -0.2) is 0 Å². The highest BCUT2D eigenvalue weighted by atomic mass is 32.1. The van der Waals surface area contributed by atoms with Gasteiger partial charge in [-0.15, -0.1) is 0 Å². The van der Waals surface area contributed by atoms with E-state index in [-0.39, 0.29) is 16.4 Å². The van der Waals surface area contributed by atoms with Crippen molar-refractivity contribution < 1.29 is 9.72 Å². The number of amides is 1. The largest absolute Gasteiger partial charge is 0.366 e. The fourth-order valence-electron chi connectivity index (χ4n) is 3.05. The van der Waals surface area contributed by atoms with Crippen LogP contribution >= 0.6 is 12.2 Å². The Bertz CT molecular complexity index is 980. The van der Waals surface area contributed by atoms with Crippen LogP contribution in [0.5, 0.6) is 0 Å². The van der Waals surface area contributed by atoms with Gasteiger partial charge in [0.15, 0.2) is 5.11 Å². The molecule has 1 aliphatic heterocycles. The molecular weight excluding hydrogens is 378 g/mol. The SMILES string of the molecule is N#Cc1ccccc1NC(=S)NC(=O)c1ccc(N2CCCC2)c([N+](=O)[O-])c1. The van der Waals surface area contributed by atoms with Gasteiger partial charge in [0.1, 0.15) is 11.8 Å². The number of nitrogens with one attached hydrogen (secondary N) is 2. The van der Waals surface area contributed by atoms with Gasteiger partial charge in [0.25, 0.3) is 11.6 Å². The third-order valence-corrected chi connectivity index (χ3v) is 4.61. The van der Waals surface area contributed by atoms with Gasteiger partial charge in [0, 0.05) is 24.7 Å². The minimum absolute atomic E-state index is 0.000951. The number of nitro benzene ring substituents is 1. The lowest BCUT2D eigenvalue weighted by molar-refractivity contribution is -0.384. The lowest BCUT2D eigenvalue weighted by atomic mass is 10.1. The van der Waals surface area contributed by atoms with Gasteiger partial charge in [0.2, 0.25) is 0 Å². The van der Waals surface area contributed by atoms with Crippen LogP contribution in [0.4, 0.5) is 17.1 Å². The van der Waals surface area contributed by atoms with E-state index in [0.29, 0.717) is 16.9 Å². The first kappa shape index (κ1) is 19.3. The molecule has 0 unspecified atom stereocenters. The van der Waals surface area contributed by atoms with Gasteiger partial charge in [-0.1, -0.05) is 12.1 Å². The van der Waals surface area contributed by atoms with Crippen molar-refractivity contribution in [2.24, 2.45) is 0 Å². The predicted octanol–water partition coefficient (Wildman–Crippen LogP) is 3.19.